The van der Waals surface area contributed by atoms with E-state index in [1.165, 1.54) is 0 Å². The summed E-state index contributed by atoms with van der Waals surface area (Å²) in [5.41, 5.74) is 6.95. The number of nitrogens with zero attached hydrogens (tertiary/aromatic N) is 1. The Balaban J connectivity index is 2.59. The number of rotatable bonds is 1. The maximum absolute atomic E-state index is 9.87. The molecule has 0 aliphatic heterocycles. The summed E-state index contributed by atoms with van der Waals surface area (Å²) in [5, 5.41) is 13.4. The van der Waals surface area contributed by atoms with Crippen LogP contribution in [0, 0.1) is 6.92 Å². The lowest BCUT2D eigenvalue weighted by molar-refractivity contribution is 0.428. The van der Waals surface area contributed by atoms with Crippen LogP contribution in [-0.4, -0.2) is 10.3 Å². The van der Waals surface area contributed by atoms with Gasteiger partial charge in [-0.1, -0.05) is 11.2 Å². The van der Waals surface area contributed by atoms with E-state index >= 15 is 0 Å². The number of hydrogen-bond donors (Lipinski definition) is 2. The Morgan fingerprint density at radius 2 is 2.20 bits per heavy atom. The van der Waals surface area contributed by atoms with Gasteiger partial charge in [-0.25, -0.2) is 0 Å². The lowest BCUT2D eigenvalue weighted by atomic mass is 10.1. The fraction of sp³-hybridized carbons (Fsp3) is 0.100. The first-order valence-electron chi connectivity index (χ1n) is 4.30. The summed E-state index contributed by atoms with van der Waals surface area (Å²) in [6.45, 7) is 1.89. The molecule has 0 bridgehead atoms. The van der Waals surface area contributed by atoms with Gasteiger partial charge in [0.25, 0.3) is 0 Å². The van der Waals surface area contributed by atoms with Crippen molar-refractivity contribution in [3.8, 4) is 17.1 Å². The van der Waals surface area contributed by atoms with Gasteiger partial charge in [0.05, 0.1) is 10.0 Å². The Labute approximate surface area is 94.8 Å². The highest BCUT2D eigenvalue weighted by molar-refractivity contribution is 9.10. The number of hydrogen-bond acceptors (Lipinski definition) is 4. The lowest BCUT2D eigenvalue weighted by Crippen LogP contribution is -1.82. The number of aryl methyl sites for hydroxylation is 1. The molecule has 0 fully saturated rings. The van der Waals surface area contributed by atoms with Crippen molar-refractivity contribution < 1.29 is 9.63 Å². The molecular formula is C10H9BrN2O2. The molecule has 3 N–H and O–H groups in total. The van der Waals surface area contributed by atoms with Gasteiger partial charge in [-0.3, -0.25) is 0 Å². The number of nitrogen functional groups attached to an aromatic ring is 1. The van der Waals surface area contributed by atoms with Crippen LogP contribution in [0.4, 0.5) is 5.82 Å². The molecule has 4 nitrogen and oxygen atoms in total. The molecule has 0 spiro atoms. The normalized spacial score (nSPS) is 10.5. The summed E-state index contributed by atoms with van der Waals surface area (Å²) >= 11 is 3.29. The smallest absolute Gasteiger partial charge is 0.172 e. The highest BCUT2D eigenvalue weighted by atomic mass is 79.9. The minimum atomic E-state index is 0.131. The highest BCUT2D eigenvalue weighted by Crippen LogP contribution is 2.37. The van der Waals surface area contributed by atoms with Crippen LogP contribution in [0.2, 0.25) is 0 Å². The molecule has 2 rings (SSSR count). The van der Waals surface area contributed by atoms with Crippen LogP contribution in [-0.2, 0) is 0 Å². The third-order valence-electron chi connectivity index (χ3n) is 2.10. The Kier molecular flexibility index (Phi) is 2.40. The van der Waals surface area contributed by atoms with Crippen LogP contribution in [0.15, 0.2) is 27.2 Å². The van der Waals surface area contributed by atoms with Gasteiger partial charge in [0.15, 0.2) is 11.6 Å². The first-order valence-corrected chi connectivity index (χ1v) is 5.09. The van der Waals surface area contributed by atoms with Gasteiger partial charge in [-0.15, -0.1) is 0 Å². The average molecular weight is 269 g/mol. The number of aromatic nitrogens is 1. The van der Waals surface area contributed by atoms with E-state index in [1.54, 1.807) is 12.1 Å². The SMILES string of the molecule is Cc1ccc(-c2cc(N)no2)c(O)c1Br. The van der Waals surface area contributed by atoms with Crippen molar-refractivity contribution in [3.05, 3.63) is 28.2 Å². The van der Waals surface area contributed by atoms with Crippen LogP contribution in [0.5, 0.6) is 5.75 Å². The molecule has 5 heteroatoms. The average Bonchev–Trinajstić information content (AvgIpc) is 2.61. The van der Waals surface area contributed by atoms with Crippen molar-refractivity contribution in [1.29, 1.82) is 0 Å². The van der Waals surface area contributed by atoms with E-state index in [1.807, 2.05) is 13.0 Å². The minimum Gasteiger partial charge on any atom is -0.506 e. The number of halogens is 1. The van der Waals surface area contributed by atoms with Crippen LogP contribution in [0.1, 0.15) is 5.56 Å². The zero-order valence-electron chi connectivity index (χ0n) is 7.99. The van der Waals surface area contributed by atoms with Crippen molar-refractivity contribution in [2.45, 2.75) is 6.92 Å². The van der Waals surface area contributed by atoms with Gasteiger partial charge in [0.1, 0.15) is 5.75 Å². The van der Waals surface area contributed by atoms with Crippen molar-refractivity contribution in [2.24, 2.45) is 0 Å². The summed E-state index contributed by atoms with van der Waals surface area (Å²) < 4.78 is 5.62. The van der Waals surface area contributed by atoms with Gasteiger partial charge in [-0.2, -0.15) is 0 Å². The standard InChI is InChI=1S/C10H9BrN2O2/c1-5-2-3-6(10(14)9(5)11)7-4-8(12)13-15-7/h2-4,14H,1H3,(H2,12,13). The first-order chi connectivity index (χ1) is 7.09. The number of aromatic hydroxyl groups is 1. The maximum atomic E-state index is 9.87. The fourth-order valence-corrected chi connectivity index (χ4v) is 1.63. The summed E-state index contributed by atoms with van der Waals surface area (Å²) in [6, 6.07) is 5.20. The van der Waals surface area contributed by atoms with Crippen LogP contribution >= 0.6 is 15.9 Å². The summed E-state index contributed by atoms with van der Waals surface area (Å²) in [6.07, 6.45) is 0. The van der Waals surface area contributed by atoms with Crippen molar-refractivity contribution >= 4 is 21.7 Å². The molecule has 0 aliphatic carbocycles. The quantitative estimate of drug-likeness (QED) is 0.834. The molecule has 0 unspecified atom stereocenters. The molecule has 1 aromatic heterocycles. The number of phenolic OH excluding ortho intramolecular Hbond substituents is 1. The Hall–Kier alpha value is -1.49. The summed E-state index contributed by atoms with van der Waals surface area (Å²) in [5.74, 6) is 0.873. The third kappa shape index (κ3) is 1.70. The van der Waals surface area contributed by atoms with Gasteiger partial charge >= 0.3 is 0 Å². The van der Waals surface area contributed by atoms with Crippen molar-refractivity contribution in [1.82, 2.24) is 5.16 Å². The van der Waals surface area contributed by atoms with E-state index in [2.05, 4.69) is 21.1 Å². The van der Waals surface area contributed by atoms with Gasteiger partial charge in [0.2, 0.25) is 0 Å². The summed E-state index contributed by atoms with van der Waals surface area (Å²) in [7, 11) is 0. The molecule has 2 aromatic rings. The maximum Gasteiger partial charge on any atom is 0.172 e. The number of benzene rings is 1. The van der Waals surface area contributed by atoms with E-state index in [9.17, 15) is 5.11 Å². The number of nitrogens with two attached hydrogens (primary N) is 1. The second-order valence-electron chi connectivity index (χ2n) is 3.21. The molecule has 1 heterocycles. The van der Waals surface area contributed by atoms with Crippen molar-refractivity contribution in [3.63, 3.8) is 0 Å². The van der Waals surface area contributed by atoms with Gasteiger partial charge in [0, 0.05) is 6.07 Å². The lowest BCUT2D eigenvalue weighted by Gasteiger charge is -2.05. The predicted octanol–water partition coefficient (Wildman–Crippen LogP) is 2.70. The van der Waals surface area contributed by atoms with E-state index < -0.39 is 0 Å². The van der Waals surface area contributed by atoms with E-state index in [-0.39, 0.29) is 5.75 Å². The highest BCUT2D eigenvalue weighted by Gasteiger charge is 2.13. The molecule has 0 aliphatic rings. The third-order valence-corrected chi connectivity index (χ3v) is 3.10. The molecule has 1 aromatic carbocycles. The second kappa shape index (κ2) is 3.58. The molecule has 0 saturated carbocycles. The van der Waals surface area contributed by atoms with E-state index in [4.69, 9.17) is 10.3 Å². The minimum absolute atomic E-state index is 0.131. The largest absolute Gasteiger partial charge is 0.506 e. The monoisotopic (exact) mass is 268 g/mol. The van der Waals surface area contributed by atoms with Crippen molar-refractivity contribution in [2.75, 3.05) is 5.73 Å². The van der Waals surface area contributed by atoms with Crippen LogP contribution < -0.4 is 5.73 Å². The molecule has 0 saturated heterocycles. The van der Waals surface area contributed by atoms with Crippen LogP contribution in [0.3, 0.4) is 0 Å². The topological polar surface area (TPSA) is 72.3 Å². The fourth-order valence-electron chi connectivity index (χ4n) is 1.28. The molecule has 78 valence electrons. The number of anilines is 1. The number of phenols is 1. The molecule has 0 radical (unpaired) electrons. The Morgan fingerprint density at radius 3 is 2.80 bits per heavy atom. The molecule has 15 heavy (non-hydrogen) atoms. The molecule has 0 atom stereocenters. The zero-order valence-corrected chi connectivity index (χ0v) is 9.58. The Morgan fingerprint density at radius 1 is 1.47 bits per heavy atom. The molecule has 0 amide bonds. The van der Waals surface area contributed by atoms with E-state index in [0.717, 1.165) is 5.56 Å². The predicted molar refractivity (Wildman–Crippen MR) is 60.5 cm³/mol. The van der Waals surface area contributed by atoms with Gasteiger partial charge in [-0.05, 0) is 34.5 Å². The van der Waals surface area contributed by atoms with Crippen LogP contribution in [0.25, 0.3) is 11.3 Å². The first kappa shape index (κ1) is 10.0. The summed E-state index contributed by atoms with van der Waals surface area (Å²) in [4.78, 5) is 0. The van der Waals surface area contributed by atoms with Gasteiger partial charge < -0.3 is 15.4 Å². The Bertz CT molecular complexity index is 508. The zero-order chi connectivity index (χ0) is 11.0. The van der Waals surface area contributed by atoms with E-state index in [0.29, 0.717) is 21.6 Å². The molecular weight excluding hydrogens is 260 g/mol. The second-order valence-corrected chi connectivity index (χ2v) is 4.00.